The van der Waals surface area contributed by atoms with Gasteiger partial charge in [0.05, 0.1) is 12.9 Å². The van der Waals surface area contributed by atoms with Crippen molar-refractivity contribution in [3.8, 4) is 11.8 Å². The quantitative estimate of drug-likeness (QED) is 0.317. The lowest BCUT2D eigenvalue weighted by Gasteiger charge is -1.90. The molecule has 0 aliphatic heterocycles. The Morgan fingerprint density at radius 1 is 1.56 bits per heavy atom. The minimum Gasteiger partial charge on any atom is -0.501 e. The number of hydrogen-bond donors (Lipinski definition) is 0. The van der Waals surface area contributed by atoms with E-state index in [0.717, 1.165) is 12.8 Å². The molecule has 0 bridgehead atoms. The molecule has 0 aromatic carbocycles. The van der Waals surface area contributed by atoms with Crippen LogP contribution in [0.3, 0.4) is 0 Å². The molecular weight excluding hydrogens is 112 g/mol. The summed E-state index contributed by atoms with van der Waals surface area (Å²) in [4.78, 5) is 0. The van der Waals surface area contributed by atoms with Gasteiger partial charge >= 0.3 is 0 Å². The molecule has 0 atom stereocenters. The first-order valence-corrected chi connectivity index (χ1v) is 3.10. The molecule has 50 valence electrons. The van der Waals surface area contributed by atoms with Crippen LogP contribution in [-0.2, 0) is 4.74 Å². The van der Waals surface area contributed by atoms with Crippen molar-refractivity contribution >= 4 is 0 Å². The lowest BCUT2D eigenvalue weighted by atomic mass is 10.4. The van der Waals surface area contributed by atoms with Crippen LogP contribution in [0.25, 0.3) is 0 Å². The van der Waals surface area contributed by atoms with Crippen molar-refractivity contribution in [3.63, 3.8) is 0 Å². The number of hydrogen-bond acceptors (Lipinski definition) is 1. The second kappa shape index (κ2) is 7.10. The normalized spacial score (nSPS) is 7.22. The van der Waals surface area contributed by atoms with Gasteiger partial charge in [0.2, 0.25) is 0 Å². The van der Waals surface area contributed by atoms with Crippen molar-refractivity contribution < 1.29 is 4.74 Å². The van der Waals surface area contributed by atoms with Crippen molar-refractivity contribution in [3.05, 3.63) is 12.8 Å². The van der Waals surface area contributed by atoms with E-state index in [1.807, 2.05) is 6.92 Å². The summed E-state index contributed by atoms with van der Waals surface area (Å²) in [6, 6.07) is 0. The van der Waals surface area contributed by atoms with Gasteiger partial charge in [0, 0.05) is 12.8 Å². The Morgan fingerprint density at radius 3 is 2.89 bits per heavy atom. The SMILES string of the molecule is C=COCCC#CCC. The molecule has 0 rings (SSSR count). The molecule has 0 unspecified atom stereocenters. The van der Waals surface area contributed by atoms with E-state index in [1.54, 1.807) is 0 Å². The second-order valence-corrected chi connectivity index (χ2v) is 1.49. The van der Waals surface area contributed by atoms with Crippen molar-refractivity contribution in [1.82, 2.24) is 0 Å². The van der Waals surface area contributed by atoms with Crippen LogP contribution < -0.4 is 0 Å². The highest BCUT2D eigenvalue weighted by Crippen LogP contribution is 1.79. The fourth-order valence-corrected chi connectivity index (χ4v) is 0.407. The molecule has 0 saturated heterocycles. The van der Waals surface area contributed by atoms with E-state index in [2.05, 4.69) is 18.4 Å². The summed E-state index contributed by atoms with van der Waals surface area (Å²) < 4.78 is 4.84. The molecule has 0 aromatic rings. The monoisotopic (exact) mass is 124 g/mol. The maximum Gasteiger partial charge on any atom is 0.0982 e. The third-order valence-electron chi connectivity index (χ3n) is 0.765. The zero-order chi connectivity index (χ0) is 6.95. The van der Waals surface area contributed by atoms with Gasteiger partial charge in [0.25, 0.3) is 0 Å². The third kappa shape index (κ3) is 7.10. The highest BCUT2D eigenvalue weighted by molar-refractivity contribution is 4.97. The molecule has 0 aliphatic carbocycles. The van der Waals surface area contributed by atoms with Crippen LogP contribution in [0.15, 0.2) is 12.8 Å². The fraction of sp³-hybridized carbons (Fsp3) is 0.500. The molecule has 0 radical (unpaired) electrons. The zero-order valence-corrected chi connectivity index (χ0v) is 5.81. The Labute approximate surface area is 56.7 Å². The lowest BCUT2D eigenvalue weighted by molar-refractivity contribution is 0.259. The Morgan fingerprint density at radius 2 is 2.33 bits per heavy atom. The maximum absolute atomic E-state index is 4.84. The van der Waals surface area contributed by atoms with Crippen molar-refractivity contribution in [2.24, 2.45) is 0 Å². The molecule has 0 fully saturated rings. The Hall–Kier alpha value is -0.900. The van der Waals surface area contributed by atoms with Gasteiger partial charge in [-0.3, -0.25) is 0 Å². The van der Waals surface area contributed by atoms with Gasteiger partial charge in [-0.1, -0.05) is 19.4 Å². The van der Waals surface area contributed by atoms with E-state index < -0.39 is 0 Å². The minimum atomic E-state index is 0.663. The summed E-state index contributed by atoms with van der Waals surface area (Å²) in [6.45, 7) is 6.10. The standard InChI is InChI=1S/C8H12O/c1-3-5-6-7-8-9-4-2/h4H,2-3,7-8H2,1H3. The summed E-state index contributed by atoms with van der Waals surface area (Å²) in [5, 5.41) is 0. The van der Waals surface area contributed by atoms with Crippen molar-refractivity contribution in [1.29, 1.82) is 0 Å². The van der Waals surface area contributed by atoms with Gasteiger partial charge in [-0.15, -0.1) is 5.92 Å². The first kappa shape index (κ1) is 8.10. The maximum atomic E-state index is 4.84. The van der Waals surface area contributed by atoms with E-state index in [0.29, 0.717) is 6.61 Å². The predicted molar refractivity (Wildman–Crippen MR) is 38.8 cm³/mol. The Balaban J connectivity index is 2.98. The molecule has 1 nitrogen and oxygen atoms in total. The number of rotatable bonds is 3. The molecule has 0 N–H and O–H groups in total. The summed E-state index contributed by atoms with van der Waals surface area (Å²) in [7, 11) is 0. The molecule has 0 amide bonds. The van der Waals surface area contributed by atoms with Gasteiger partial charge in [-0.2, -0.15) is 0 Å². The van der Waals surface area contributed by atoms with Crippen LogP contribution in [0.2, 0.25) is 0 Å². The molecule has 0 heterocycles. The highest BCUT2D eigenvalue weighted by Gasteiger charge is 1.74. The number of ether oxygens (including phenoxy) is 1. The predicted octanol–water partition coefficient (Wildman–Crippen LogP) is 1.95. The minimum absolute atomic E-state index is 0.663. The van der Waals surface area contributed by atoms with Crippen molar-refractivity contribution in [2.45, 2.75) is 19.8 Å². The Bertz CT molecular complexity index is 116. The molecule has 0 spiro atoms. The van der Waals surface area contributed by atoms with Crippen LogP contribution in [0.5, 0.6) is 0 Å². The third-order valence-corrected chi connectivity index (χ3v) is 0.765. The molecule has 1 heteroatoms. The van der Waals surface area contributed by atoms with Gasteiger partial charge in [-0.25, -0.2) is 0 Å². The van der Waals surface area contributed by atoms with Gasteiger partial charge in [-0.05, 0) is 0 Å². The molecule has 0 aromatic heterocycles. The highest BCUT2D eigenvalue weighted by atomic mass is 16.5. The molecule has 0 saturated carbocycles. The molecular formula is C8H12O. The van der Waals surface area contributed by atoms with Crippen LogP contribution in [0.1, 0.15) is 19.8 Å². The largest absolute Gasteiger partial charge is 0.501 e. The van der Waals surface area contributed by atoms with Crippen LogP contribution in [0.4, 0.5) is 0 Å². The molecule has 9 heavy (non-hydrogen) atoms. The van der Waals surface area contributed by atoms with Crippen LogP contribution >= 0.6 is 0 Å². The summed E-state index contributed by atoms with van der Waals surface area (Å²) in [6.07, 6.45) is 3.17. The lowest BCUT2D eigenvalue weighted by Crippen LogP contribution is -1.82. The summed E-state index contributed by atoms with van der Waals surface area (Å²) in [5.41, 5.74) is 0. The molecule has 0 aliphatic rings. The zero-order valence-electron chi connectivity index (χ0n) is 5.81. The van der Waals surface area contributed by atoms with Gasteiger partial charge in [0.15, 0.2) is 0 Å². The average molecular weight is 124 g/mol. The van der Waals surface area contributed by atoms with E-state index in [-0.39, 0.29) is 0 Å². The average Bonchev–Trinajstić information content (AvgIpc) is 1.89. The van der Waals surface area contributed by atoms with Crippen LogP contribution in [-0.4, -0.2) is 6.61 Å². The van der Waals surface area contributed by atoms with Crippen molar-refractivity contribution in [2.75, 3.05) is 6.61 Å². The van der Waals surface area contributed by atoms with E-state index >= 15 is 0 Å². The topological polar surface area (TPSA) is 9.23 Å². The summed E-state index contributed by atoms with van der Waals surface area (Å²) in [5.74, 6) is 5.89. The smallest absolute Gasteiger partial charge is 0.0982 e. The van der Waals surface area contributed by atoms with E-state index in [9.17, 15) is 0 Å². The van der Waals surface area contributed by atoms with E-state index in [4.69, 9.17) is 4.74 Å². The van der Waals surface area contributed by atoms with Gasteiger partial charge < -0.3 is 4.74 Å². The second-order valence-electron chi connectivity index (χ2n) is 1.49. The van der Waals surface area contributed by atoms with Crippen LogP contribution in [0, 0.1) is 11.8 Å². The summed E-state index contributed by atoms with van der Waals surface area (Å²) >= 11 is 0. The first-order chi connectivity index (χ1) is 4.41. The fourth-order valence-electron chi connectivity index (χ4n) is 0.407. The van der Waals surface area contributed by atoms with E-state index in [1.165, 1.54) is 6.26 Å². The van der Waals surface area contributed by atoms with Gasteiger partial charge in [0.1, 0.15) is 0 Å². The first-order valence-electron chi connectivity index (χ1n) is 3.10. The Kier molecular flexibility index (Phi) is 6.39.